The number of rotatable bonds is 14. The van der Waals surface area contributed by atoms with Crippen molar-refractivity contribution in [3.05, 3.63) is 0 Å². The number of nitrogens with zero attached hydrogens (tertiary/aromatic N) is 1. The molecule has 0 amide bonds. The van der Waals surface area contributed by atoms with Gasteiger partial charge in [-0.25, -0.2) is 4.99 Å². The lowest BCUT2D eigenvalue weighted by molar-refractivity contribution is -0.308. The van der Waals surface area contributed by atoms with E-state index in [0.717, 1.165) is 0 Å². The van der Waals surface area contributed by atoms with Crippen LogP contribution in [0.2, 0.25) is 0 Å². The van der Waals surface area contributed by atoms with E-state index in [1.807, 2.05) is 0 Å². The van der Waals surface area contributed by atoms with Crippen molar-refractivity contribution in [2.75, 3.05) is 26.4 Å². The van der Waals surface area contributed by atoms with E-state index in [1.165, 1.54) is 6.92 Å². The molecule has 0 bridgehead atoms. The molecule has 3 fully saturated rings. The third-order valence-electron chi connectivity index (χ3n) is 8.94. The minimum absolute atomic E-state index is 0.0448. The number of aliphatic hydroxyl groups excluding tert-OH is 13. The van der Waals surface area contributed by atoms with Crippen LogP contribution in [0.3, 0.4) is 0 Å². The van der Waals surface area contributed by atoms with Gasteiger partial charge in [-0.15, -0.1) is 0 Å². The fourth-order valence-electron chi connectivity index (χ4n) is 6.01. The van der Waals surface area contributed by atoms with Crippen LogP contribution in [0.1, 0.15) is 19.8 Å². The van der Waals surface area contributed by atoms with Crippen LogP contribution >= 0.6 is 0 Å². The van der Waals surface area contributed by atoms with Gasteiger partial charge in [-0.2, -0.15) is 0 Å². The lowest BCUT2D eigenvalue weighted by Gasteiger charge is -2.42. The monoisotopic (exact) mass is 689 g/mol. The molecule has 0 aromatic carbocycles. The Morgan fingerprint density at radius 3 is 2.11 bits per heavy atom. The topological polar surface area (TPSA) is 331 Å². The first-order chi connectivity index (χ1) is 22.2. The maximum atomic E-state index is 10.7. The van der Waals surface area contributed by atoms with E-state index in [-0.39, 0.29) is 12.3 Å². The van der Waals surface area contributed by atoms with E-state index in [2.05, 4.69) is 4.99 Å². The summed E-state index contributed by atoms with van der Waals surface area (Å²) in [5.74, 6) is -0.580. The standard InChI is InChI=1S/C27H47NO19/c1-8-28-14-19(36)24(12(6-30)45-26(14)44-8)47-25(41)22(39)16(33)10(31)2-3-42-27-23(40)21(38)18(35)13(46-27)7-43-11-4-9(5-29)15(32)20(37)17(11)34/h9-27,29-41H,2-7H2,1H3/t9?,10-,11?,12?,13?,14?,15-,16+,17+,18-,19-,20+,21?,22?,23-,24-,25+,26+,27+/m1/s1. The van der Waals surface area contributed by atoms with Crippen LogP contribution in [0, 0.1) is 5.92 Å². The highest BCUT2D eigenvalue weighted by molar-refractivity contribution is 5.75. The lowest BCUT2D eigenvalue weighted by atomic mass is 9.81. The molecular formula is C27H47NO19. The molecule has 0 aromatic rings. The maximum Gasteiger partial charge on any atom is 0.227 e. The molecule has 4 rings (SSSR count). The van der Waals surface area contributed by atoms with Gasteiger partial charge in [-0.1, -0.05) is 0 Å². The molecule has 20 heteroatoms. The van der Waals surface area contributed by atoms with Gasteiger partial charge in [0, 0.05) is 19.4 Å². The lowest BCUT2D eigenvalue weighted by Crippen LogP contribution is -2.60. The van der Waals surface area contributed by atoms with Crippen LogP contribution in [0.4, 0.5) is 0 Å². The Balaban J connectivity index is 1.25. The number of aliphatic hydroxyl groups is 13. The van der Waals surface area contributed by atoms with E-state index >= 15 is 0 Å². The molecule has 20 nitrogen and oxygen atoms in total. The largest absolute Gasteiger partial charge is 0.450 e. The third kappa shape index (κ3) is 8.56. The second kappa shape index (κ2) is 16.6. The van der Waals surface area contributed by atoms with Crippen molar-refractivity contribution in [2.45, 2.75) is 130 Å². The van der Waals surface area contributed by atoms with Gasteiger partial charge in [0.1, 0.15) is 73.2 Å². The van der Waals surface area contributed by atoms with Gasteiger partial charge in [-0.05, 0) is 12.8 Å². The first-order valence-corrected chi connectivity index (χ1v) is 15.3. The van der Waals surface area contributed by atoms with E-state index in [1.54, 1.807) is 0 Å². The number of fused-ring (bicyclic) bond motifs is 1. The smallest absolute Gasteiger partial charge is 0.227 e. The van der Waals surface area contributed by atoms with Gasteiger partial charge in [-0.3, -0.25) is 0 Å². The normalized spacial score (nSPS) is 45.0. The van der Waals surface area contributed by atoms with Crippen LogP contribution in [0.25, 0.3) is 0 Å². The van der Waals surface area contributed by atoms with E-state index in [4.69, 9.17) is 28.4 Å². The van der Waals surface area contributed by atoms with Gasteiger partial charge in [0.15, 0.2) is 18.5 Å². The molecule has 13 N–H and O–H groups in total. The van der Waals surface area contributed by atoms with E-state index in [9.17, 15) is 66.4 Å². The first kappa shape index (κ1) is 38.6. The second-order valence-electron chi connectivity index (χ2n) is 12.2. The summed E-state index contributed by atoms with van der Waals surface area (Å²) in [7, 11) is 0. The summed E-state index contributed by atoms with van der Waals surface area (Å²) >= 11 is 0. The highest BCUT2D eigenvalue weighted by Crippen LogP contribution is 2.32. The van der Waals surface area contributed by atoms with Gasteiger partial charge in [0.2, 0.25) is 6.29 Å². The summed E-state index contributed by atoms with van der Waals surface area (Å²) in [5, 5.41) is 133. The number of hydrogen-bond acceptors (Lipinski definition) is 20. The fourth-order valence-corrected chi connectivity index (χ4v) is 6.01. The van der Waals surface area contributed by atoms with Gasteiger partial charge in [0.25, 0.3) is 0 Å². The molecule has 7 unspecified atom stereocenters. The van der Waals surface area contributed by atoms with Crippen molar-refractivity contribution in [1.29, 1.82) is 0 Å². The van der Waals surface area contributed by atoms with Crippen molar-refractivity contribution in [2.24, 2.45) is 10.9 Å². The Hall–Kier alpha value is -1.25. The molecule has 2 saturated heterocycles. The Morgan fingerprint density at radius 1 is 0.766 bits per heavy atom. The van der Waals surface area contributed by atoms with Crippen molar-refractivity contribution in [3.8, 4) is 0 Å². The Labute approximate surface area is 268 Å². The molecule has 0 radical (unpaired) electrons. The average molecular weight is 690 g/mol. The van der Waals surface area contributed by atoms with E-state index in [0.29, 0.717) is 0 Å². The summed E-state index contributed by atoms with van der Waals surface area (Å²) in [6.07, 6.45) is -27.4. The molecular weight excluding hydrogens is 642 g/mol. The minimum atomic E-state index is -2.18. The molecule has 1 saturated carbocycles. The molecule has 4 aliphatic rings. The molecule has 1 aliphatic carbocycles. The van der Waals surface area contributed by atoms with Crippen LogP contribution in [0.5, 0.6) is 0 Å². The highest BCUT2D eigenvalue weighted by Gasteiger charge is 2.51. The molecule has 47 heavy (non-hydrogen) atoms. The predicted molar refractivity (Wildman–Crippen MR) is 149 cm³/mol. The average Bonchev–Trinajstić information content (AvgIpc) is 3.44. The summed E-state index contributed by atoms with van der Waals surface area (Å²) in [4.78, 5) is 4.07. The fraction of sp³-hybridized carbons (Fsp3) is 0.963. The van der Waals surface area contributed by atoms with Crippen molar-refractivity contribution < 1.29 is 94.8 Å². The van der Waals surface area contributed by atoms with Crippen molar-refractivity contribution in [1.82, 2.24) is 0 Å². The Morgan fingerprint density at radius 2 is 1.45 bits per heavy atom. The number of aliphatic imine (C=N–C) groups is 1. The SMILES string of the molecule is CC1=NC2[C@@H](O1)OC(CO)[C@@H](O[C@H](O)C(O)[C@@H](O)[C@H](O)CCO[C@H]1OC(COC3CC(CO)[C@@H](O)[C@H](O)[C@H]3O)[C@@H](O)C(O)[C@H]1O)[C@@H]2O. The molecule has 0 aromatic heterocycles. The maximum absolute atomic E-state index is 10.7. The quantitative estimate of drug-likeness (QED) is 0.0753. The van der Waals surface area contributed by atoms with Gasteiger partial charge < -0.3 is 94.8 Å². The van der Waals surface area contributed by atoms with Crippen LogP contribution in [-0.4, -0.2) is 209 Å². The molecule has 3 heterocycles. The summed E-state index contributed by atoms with van der Waals surface area (Å²) < 4.78 is 32.6. The summed E-state index contributed by atoms with van der Waals surface area (Å²) in [6, 6.07) is -0.942. The zero-order chi connectivity index (χ0) is 34.7. The molecule has 3 aliphatic heterocycles. The third-order valence-corrected chi connectivity index (χ3v) is 8.94. The highest BCUT2D eigenvalue weighted by atomic mass is 16.7. The van der Waals surface area contributed by atoms with Crippen LogP contribution in [0.15, 0.2) is 4.99 Å². The summed E-state index contributed by atoms with van der Waals surface area (Å²) in [6.45, 7) is -0.557. The van der Waals surface area contributed by atoms with Crippen LogP contribution < -0.4 is 0 Å². The number of ether oxygens (including phenoxy) is 6. The predicted octanol–water partition coefficient (Wildman–Crippen LogP) is -7.64. The van der Waals surface area contributed by atoms with Crippen LogP contribution in [-0.2, 0) is 28.4 Å². The zero-order valence-electron chi connectivity index (χ0n) is 25.4. The zero-order valence-corrected chi connectivity index (χ0v) is 25.4. The molecule has 274 valence electrons. The van der Waals surface area contributed by atoms with Gasteiger partial charge in [0.05, 0.1) is 38.1 Å². The first-order valence-electron chi connectivity index (χ1n) is 15.3. The van der Waals surface area contributed by atoms with Crippen molar-refractivity contribution in [3.63, 3.8) is 0 Å². The number of hydrogen-bond donors (Lipinski definition) is 13. The summed E-state index contributed by atoms with van der Waals surface area (Å²) in [5.41, 5.74) is 0. The van der Waals surface area contributed by atoms with Gasteiger partial charge >= 0.3 is 0 Å². The Bertz CT molecular complexity index is 1010. The Kier molecular flexibility index (Phi) is 13.6. The second-order valence-corrected chi connectivity index (χ2v) is 12.2. The molecule has 0 spiro atoms. The van der Waals surface area contributed by atoms with Crippen molar-refractivity contribution >= 4 is 5.90 Å². The van der Waals surface area contributed by atoms with E-state index < -0.39 is 149 Å². The minimum Gasteiger partial charge on any atom is -0.450 e. The molecule has 19 atom stereocenters.